The zero-order valence-electron chi connectivity index (χ0n) is 13.8. The standard InChI is InChI=1S/C17H14ClFN2O5/c1-25-15-8-10(7-12(18)17(15)26-2)3-6-16(22)20-11-4-5-13(19)14(9-11)21(23)24/h3-9H,1-2H3,(H,20,22)/b6-3+. The summed E-state index contributed by atoms with van der Waals surface area (Å²) >= 11 is 6.08. The highest BCUT2D eigenvalue weighted by Gasteiger charge is 2.15. The fraction of sp³-hybridized carbons (Fsp3) is 0.118. The molecule has 0 aromatic heterocycles. The number of rotatable bonds is 6. The van der Waals surface area contributed by atoms with Crippen molar-refractivity contribution < 1.29 is 23.6 Å². The van der Waals surface area contributed by atoms with Gasteiger partial charge < -0.3 is 14.8 Å². The Balaban J connectivity index is 2.16. The van der Waals surface area contributed by atoms with Crippen LogP contribution in [0.3, 0.4) is 0 Å². The second-order valence-electron chi connectivity index (χ2n) is 4.98. The second kappa shape index (κ2) is 8.30. The van der Waals surface area contributed by atoms with Crippen molar-refractivity contribution >= 4 is 35.0 Å². The van der Waals surface area contributed by atoms with E-state index in [1.165, 1.54) is 32.4 Å². The molecule has 2 aromatic rings. The summed E-state index contributed by atoms with van der Waals surface area (Å²) < 4.78 is 23.6. The summed E-state index contributed by atoms with van der Waals surface area (Å²) in [5.74, 6) is -0.774. The van der Waals surface area contributed by atoms with Crippen molar-refractivity contribution in [1.82, 2.24) is 0 Å². The van der Waals surface area contributed by atoms with E-state index < -0.39 is 22.3 Å². The third-order valence-electron chi connectivity index (χ3n) is 3.29. The Kier molecular flexibility index (Phi) is 6.13. The van der Waals surface area contributed by atoms with Crippen LogP contribution in [0, 0.1) is 15.9 Å². The van der Waals surface area contributed by atoms with Gasteiger partial charge in [0.2, 0.25) is 11.7 Å². The van der Waals surface area contributed by atoms with Gasteiger partial charge in [-0.1, -0.05) is 11.6 Å². The highest BCUT2D eigenvalue weighted by molar-refractivity contribution is 6.32. The number of benzene rings is 2. The molecule has 0 aliphatic rings. The van der Waals surface area contributed by atoms with E-state index in [0.29, 0.717) is 22.1 Å². The highest BCUT2D eigenvalue weighted by Crippen LogP contribution is 2.36. The van der Waals surface area contributed by atoms with Crippen molar-refractivity contribution in [2.24, 2.45) is 0 Å². The number of hydrogen-bond donors (Lipinski definition) is 1. The van der Waals surface area contributed by atoms with Crippen LogP contribution in [-0.4, -0.2) is 25.1 Å². The summed E-state index contributed by atoms with van der Waals surface area (Å²) in [6, 6.07) is 6.27. The minimum atomic E-state index is -0.983. The predicted molar refractivity (Wildman–Crippen MR) is 95.3 cm³/mol. The van der Waals surface area contributed by atoms with Crippen LogP contribution in [-0.2, 0) is 4.79 Å². The van der Waals surface area contributed by atoms with Crippen molar-refractivity contribution in [3.63, 3.8) is 0 Å². The number of nitro benzene ring substituents is 1. The van der Waals surface area contributed by atoms with Gasteiger partial charge in [-0.2, -0.15) is 4.39 Å². The van der Waals surface area contributed by atoms with Gasteiger partial charge in [0.1, 0.15) is 0 Å². The van der Waals surface area contributed by atoms with Crippen molar-refractivity contribution in [3.05, 3.63) is 62.9 Å². The number of methoxy groups -OCH3 is 2. The van der Waals surface area contributed by atoms with Gasteiger partial charge in [0.25, 0.3) is 0 Å². The third-order valence-corrected chi connectivity index (χ3v) is 3.57. The van der Waals surface area contributed by atoms with Gasteiger partial charge >= 0.3 is 5.69 Å². The molecule has 0 saturated heterocycles. The number of ether oxygens (including phenoxy) is 2. The summed E-state index contributed by atoms with van der Waals surface area (Å²) in [7, 11) is 2.91. The van der Waals surface area contributed by atoms with Crippen LogP contribution in [0.2, 0.25) is 5.02 Å². The molecule has 0 radical (unpaired) electrons. The minimum Gasteiger partial charge on any atom is -0.493 e. The lowest BCUT2D eigenvalue weighted by molar-refractivity contribution is -0.387. The number of carbonyl (C=O) groups excluding carboxylic acids is 1. The van der Waals surface area contributed by atoms with Crippen molar-refractivity contribution in [2.45, 2.75) is 0 Å². The van der Waals surface area contributed by atoms with Crippen LogP contribution in [0.1, 0.15) is 5.56 Å². The van der Waals surface area contributed by atoms with Crippen LogP contribution in [0.25, 0.3) is 6.08 Å². The largest absolute Gasteiger partial charge is 0.493 e. The Morgan fingerprint density at radius 2 is 2.00 bits per heavy atom. The van der Waals surface area contributed by atoms with E-state index in [0.717, 1.165) is 12.1 Å². The Labute approximate surface area is 153 Å². The first-order valence-electron chi connectivity index (χ1n) is 7.20. The molecule has 0 fully saturated rings. The highest BCUT2D eigenvalue weighted by atomic mass is 35.5. The van der Waals surface area contributed by atoms with E-state index in [1.807, 2.05) is 0 Å². The first kappa shape index (κ1) is 19.2. The molecule has 2 aromatic carbocycles. The van der Waals surface area contributed by atoms with E-state index in [2.05, 4.69) is 5.32 Å². The molecule has 0 saturated carbocycles. The van der Waals surface area contributed by atoms with Crippen molar-refractivity contribution in [1.29, 1.82) is 0 Å². The molecule has 0 spiro atoms. The molecule has 0 aliphatic carbocycles. The summed E-state index contributed by atoms with van der Waals surface area (Å²) in [5, 5.41) is 13.4. The molecule has 1 N–H and O–H groups in total. The van der Waals surface area contributed by atoms with Crippen LogP contribution in [0.4, 0.5) is 15.8 Å². The third kappa shape index (κ3) is 4.48. The normalized spacial score (nSPS) is 10.6. The van der Waals surface area contributed by atoms with Crippen LogP contribution >= 0.6 is 11.6 Å². The van der Waals surface area contributed by atoms with Crippen LogP contribution in [0.5, 0.6) is 11.5 Å². The van der Waals surface area contributed by atoms with Gasteiger partial charge in [0.15, 0.2) is 11.5 Å². The molecule has 9 heteroatoms. The van der Waals surface area contributed by atoms with Gasteiger partial charge in [0, 0.05) is 17.8 Å². The van der Waals surface area contributed by atoms with Gasteiger partial charge in [0.05, 0.1) is 24.2 Å². The molecule has 7 nitrogen and oxygen atoms in total. The first-order valence-corrected chi connectivity index (χ1v) is 7.58. The molecule has 1 amide bonds. The van der Waals surface area contributed by atoms with Gasteiger partial charge in [-0.05, 0) is 35.9 Å². The number of anilines is 1. The summed E-state index contributed by atoms with van der Waals surface area (Å²) in [6.07, 6.45) is 2.67. The molecule has 0 bridgehead atoms. The maximum atomic E-state index is 13.3. The van der Waals surface area contributed by atoms with Crippen molar-refractivity contribution in [2.75, 3.05) is 19.5 Å². The SMILES string of the molecule is COc1cc(/C=C/C(=O)Nc2ccc(F)c([N+](=O)[O-])c2)cc(Cl)c1OC. The number of nitro groups is 1. The van der Waals surface area contributed by atoms with E-state index >= 15 is 0 Å². The summed E-state index contributed by atoms with van der Waals surface area (Å²) in [4.78, 5) is 21.8. The second-order valence-corrected chi connectivity index (χ2v) is 5.39. The number of halogens is 2. The average molecular weight is 381 g/mol. The average Bonchev–Trinajstić information content (AvgIpc) is 2.60. The lowest BCUT2D eigenvalue weighted by Crippen LogP contribution is -2.08. The molecular formula is C17H14ClFN2O5. The van der Waals surface area contributed by atoms with Crippen LogP contribution < -0.4 is 14.8 Å². The summed E-state index contributed by atoms with van der Waals surface area (Å²) in [5.41, 5.74) is -0.0515. The molecule has 26 heavy (non-hydrogen) atoms. The number of nitrogens with zero attached hydrogens (tertiary/aromatic N) is 1. The zero-order chi connectivity index (χ0) is 19.3. The molecule has 2 rings (SSSR count). The molecule has 136 valence electrons. The van der Waals surface area contributed by atoms with Gasteiger partial charge in [-0.15, -0.1) is 0 Å². The number of nitrogens with one attached hydrogen (secondary N) is 1. The fourth-order valence-corrected chi connectivity index (χ4v) is 2.42. The van der Waals surface area contributed by atoms with E-state index in [-0.39, 0.29) is 5.69 Å². The summed E-state index contributed by atoms with van der Waals surface area (Å²) in [6.45, 7) is 0. The smallest absolute Gasteiger partial charge is 0.306 e. The van der Waals surface area contributed by atoms with E-state index in [4.69, 9.17) is 21.1 Å². The first-order chi connectivity index (χ1) is 12.3. The molecular weight excluding hydrogens is 367 g/mol. The Morgan fingerprint density at radius 3 is 2.62 bits per heavy atom. The number of hydrogen-bond acceptors (Lipinski definition) is 5. The molecule has 0 atom stereocenters. The maximum absolute atomic E-state index is 13.3. The zero-order valence-corrected chi connectivity index (χ0v) is 14.5. The van der Waals surface area contributed by atoms with Crippen LogP contribution in [0.15, 0.2) is 36.4 Å². The lowest BCUT2D eigenvalue weighted by Gasteiger charge is -2.10. The number of carbonyl (C=O) groups is 1. The quantitative estimate of drug-likeness (QED) is 0.463. The van der Waals surface area contributed by atoms with E-state index in [9.17, 15) is 19.3 Å². The minimum absolute atomic E-state index is 0.0955. The van der Waals surface area contributed by atoms with Crippen molar-refractivity contribution in [3.8, 4) is 11.5 Å². The number of amides is 1. The maximum Gasteiger partial charge on any atom is 0.306 e. The molecule has 0 heterocycles. The Morgan fingerprint density at radius 1 is 1.27 bits per heavy atom. The van der Waals surface area contributed by atoms with E-state index in [1.54, 1.807) is 12.1 Å². The monoisotopic (exact) mass is 380 g/mol. The topological polar surface area (TPSA) is 90.7 Å². The molecule has 0 unspecified atom stereocenters. The Hall–Kier alpha value is -3.13. The lowest BCUT2D eigenvalue weighted by atomic mass is 10.2. The molecule has 0 aliphatic heterocycles. The van der Waals surface area contributed by atoms with Gasteiger partial charge in [-0.25, -0.2) is 0 Å². The fourth-order valence-electron chi connectivity index (χ4n) is 2.12. The Bertz CT molecular complexity index is 886. The predicted octanol–water partition coefficient (Wildman–Crippen LogP) is 4.06. The van der Waals surface area contributed by atoms with Gasteiger partial charge in [-0.3, -0.25) is 14.9 Å².